The van der Waals surface area contributed by atoms with Crippen LogP contribution in [-0.4, -0.2) is 53.4 Å². The van der Waals surface area contributed by atoms with Crippen LogP contribution in [-0.2, 0) is 16.2 Å². The lowest BCUT2D eigenvalue weighted by Gasteiger charge is -2.29. The number of aliphatic hydroxyl groups is 1. The zero-order chi connectivity index (χ0) is 25.4. The summed E-state index contributed by atoms with van der Waals surface area (Å²) < 4.78 is 5.85. The fraction of sp³-hybridized carbons (Fsp3) is 0.379. The highest BCUT2D eigenvalue weighted by Gasteiger charge is 2.31. The molecule has 0 bridgehead atoms. The Labute approximate surface area is 221 Å². The highest BCUT2D eigenvalue weighted by atomic mass is 35.5. The summed E-state index contributed by atoms with van der Waals surface area (Å²) in [7, 11) is 0. The molecule has 1 amide bonds. The lowest BCUT2D eigenvalue weighted by atomic mass is 9.95. The number of rotatable bonds is 8. The number of nitrogens with zero attached hydrogens (tertiary/aromatic N) is 2. The second kappa shape index (κ2) is 10.3. The maximum Gasteiger partial charge on any atom is 0.274 e. The molecule has 1 saturated carbocycles. The molecule has 2 unspecified atom stereocenters. The average molecular weight is 520 g/mol. The minimum atomic E-state index is -0.960. The molecule has 2 N–H and O–H groups in total. The van der Waals surface area contributed by atoms with Crippen LogP contribution in [0.25, 0.3) is 10.8 Å². The first kappa shape index (κ1) is 24.2. The molecule has 37 heavy (non-hydrogen) atoms. The highest BCUT2D eigenvalue weighted by Crippen LogP contribution is 2.34. The number of ether oxygens (including phenoxy) is 1. The molecule has 2 fully saturated rings. The van der Waals surface area contributed by atoms with Crippen molar-refractivity contribution in [3.8, 4) is 5.75 Å². The molecule has 3 aromatic carbocycles. The van der Waals surface area contributed by atoms with Crippen molar-refractivity contribution in [1.29, 1.82) is 0 Å². The Hall–Kier alpha value is -3.13. The van der Waals surface area contributed by atoms with Crippen molar-refractivity contribution in [3.63, 3.8) is 0 Å². The number of likely N-dealkylation sites (tertiary alicyclic amines) is 1. The SMILES string of the molecule is O=C(NC(CN1CCCC1)C(O)c1ccc(OC2CC2)c(Cl)c1)C1=NOCc2c1ccc1ccccc21. The first-order valence-corrected chi connectivity index (χ1v) is 13.3. The van der Waals surface area contributed by atoms with Crippen LogP contribution in [0.3, 0.4) is 0 Å². The summed E-state index contributed by atoms with van der Waals surface area (Å²) in [6, 6.07) is 16.7. The van der Waals surface area contributed by atoms with Crippen molar-refractivity contribution in [3.05, 3.63) is 76.3 Å². The molecule has 7 nitrogen and oxygen atoms in total. The van der Waals surface area contributed by atoms with Crippen LogP contribution in [0.1, 0.15) is 48.5 Å². The van der Waals surface area contributed by atoms with Crippen molar-refractivity contribution in [2.24, 2.45) is 5.16 Å². The maximum absolute atomic E-state index is 13.6. The van der Waals surface area contributed by atoms with E-state index in [9.17, 15) is 9.90 Å². The van der Waals surface area contributed by atoms with Gasteiger partial charge in [0.15, 0.2) is 5.71 Å². The topological polar surface area (TPSA) is 83.4 Å². The van der Waals surface area contributed by atoms with E-state index in [1.165, 1.54) is 0 Å². The molecule has 1 saturated heterocycles. The van der Waals surface area contributed by atoms with Gasteiger partial charge in [-0.15, -0.1) is 0 Å². The van der Waals surface area contributed by atoms with Gasteiger partial charge in [-0.25, -0.2) is 0 Å². The van der Waals surface area contributed by atoms with E-state index in [-0.39, 0.29) is 17.7 Å². The van der Waals surface area contributed by atoms with Gasteiger partial charge in [0.25, 0.3) is 5.91 Å². The Balaban J connectivity index is 1.25. The van der Waals surface area contributed by atoms with Crippen LogP contribution < -0.4 is 10.1 Å². The Kier molecular flexibility index (Phi) is 6.76. The first-order valence-electron chi connectivity index (χ1n) is 12.9. The average Bonchev–Trinajstić information content (AvgIpc) is 3.60. The molecule has 2 atom stereocenters. The van der Waals surface area contributed by atoms with E-state index in [4.69, 9.17) is 21.2 Å². The smallest absolute Gasteiger partial charge is 0.274 e. The zero-order valence-corrected chi connectivity index (χ0v) is 21.3. The first-order chi connectivity index (χ1) is 18.1. The lowest BCUT2D eigenvalue weighted by Crippen LogP contribution is -2.49. The highest BCUT2D eigenvalue weighted by molar-refractivity contribution is 6.46. The lowest BCUT2D eigenvalue weighted by molar-refractivity contribution is -0.116. The van der Waals surface area contributed by atoms with Crippen LogP contribution in [0.15, 0.2) is 59.8 Å². The molecule has 3 aromatic rings. The monoisotopic (exact) mass is 519 g/mol. The van der Waals surface area contributed by atoms with Crippen molar-refractivity contribution >= 4 is 34.0 Å². The number of aliphatic hydroxyl groups excluding tert-OH is 1. The van der Waals surface area contributed by atoms with Gasteiger partial charge >= 0.3 is 0 Å². The van der Waals surface area contributed by atoms with E-state index in [2.05, 4.69) is 15.4 Å². The molecule has 2 aliphatic heterocycles. The second-order valence-corrected chi connectivity index (χ2v) is 10.5. The van der Waals surface area contributed by atoms with Crippen LogP contribution in [0, 0.1) is 0 Å². The van der Waals surface area contributed by atoms with Crippen molar-refractivity contribution < 1.29 is 19.5 Å². The molecule has 0 aromatic heterocycles. The second-order valence-electron chi connectivity index (χ2n) is 10.1. The van der Waals surface area contributed by atoms with Gasteiger partial charge in [-0.3, -0.25) is 4.79 Å². The summed E-state index contributed by atoms with van der Waals surface area (Å²) in [5, 5.41) is 21.2. The molecule has 1 aliphatic carbocycles. The summed E-state index contributed by atoms with van der Waals surface area (Å²) in [4.78, 5) is 21.3. The van der Waals surface area contributed by atoms with E-state index in [1.807, 2.05) is 42.5 Å². The van der Waals surface area contributed by atoms with Gasteiger partial charge in [0, 0.05) is 17.7 Å². The Bertz CT molecular complexity index is 1350. The number of carbonyl (C=O) groups is 1. The minimum Gasteiger partial charge on any atom is -0.489 e. The third-order valence-corrected chi connectivity index (χ3v) is 7.64. The van der Waals surface area contributed by atoms with Gasteiger partial charge in [-0.2, -0.15) is 0 Å². The van der Waals surface area contributed by atoms with E-state index in [0.29, 0.717) is 29.5 Å². The number of fused-ring (bicyclic) bond motifs is 3. The molecule has 8 heteroatoms. The normalized spacial score (nSPS) is 19.0. The quantitative estimate of drug-likeness (QED) is 0.455. The van der Waals surface area contributed by atoms with E-state index >= 15 is 0 Å². The Morgan fingerprint density at radius 3 is 2.76 bits per heavy atom. The molecular formula is C29H30ClN3O4. The zero-order valence-electron chi connectivity index (χ0n) is 20.5. The van der Waals surface area contributed by atoms with E-state index in [1.54, 1.807) is 12.1 Å². The van der Waals surface area contributed by atoms with E-state index < -0.39 is 12.1 Å². The fourth-order valence-corrected chi connectivity index (χ4v) is 5.42. The fourth-order valence-electron chi connectivity index (χ4n) is 5.19. The number of nitrogens with one attached hydrogen (secondary N) is 1. The largest absolute Gasteiger partial charge is 0.489 e. The summed E-state index contributed by atoms with van der Waals surface area (Å²) in [6.07, 6.45) is 3.56. The Morgan fingerprint density at radius 1 is 1.16 bits per heavy atom. The summed E-state index contributed by atoms with van der Waals surface area (Å²) in [5.74, 6) is 0.247. The Morgan fingerprint density at radius 2 is 1.97 bits per heavy atom. The van der Waals surface area contributed by atoms with Gasteiger partial charge in [0.05, 0.1) is 17.2 Å². The predicted octanol–water partition coefficient (Wildman–Crippen LogP) is 4.58. The molecule has 3 aliphatic rings. The third-order valence-electron chi connectivity index (χ3n) is 7.34. The molecule has 2 heterocycles. The van der Waals surface area contributed by atoms with Crippen LogP contribution in [0.5, 0.6) is 5.75 Å². The van der Waals surface area contributed by atoms with Gasteiger partial charge in [0.1, 0.15) is 18.5 Å². The van der Waals surface area contributed by atoms with Crippen molar-refractivity contribution in [1.82, 2.24) is 10.2 Å². The van der Waals surface area contributed by atoms with Gasteiger partial charge in [-0.05, 0) is 67.2 Å². The molecule has 0 spiro atoms. The van der Waals surface area contributed by atoms with Gasteiger partial charge in [0.2, 0.25) is 0 Å². The van der Waals surface area contributed by atoms with Crippen molar-refractivity contribution in [2.45, 2.75) is 50.5 Å². The van der Waals surface area contributed by atoms with Crippen LogP contribution >= 0.6 is 11.6 Å². The number of amides is 1. The third kappa shape index (κ3) is 5.17. The van der Waals surface area contributed by atoms with Crippen LogP contribution in [0.4, 0.5) is 0 Å². The number of benzene rings is 3. The maximum atomic E-state index is 13.6. The molecule has 0 radical (unpaired) electrons. The van der Waals surface area contributed by atoms with Crippen molar-refractivity contribution in [2.75, 3.05) is 19.6 Å². The van der Waals surface area contributed by atoms with E-state index in [0.717, 1.165) is 60.7 Å². The summed E-state index contributed by atoms with van der Waals surface area (Å²) in [5.41, 5.74) is 2.54. The van der Waals surface area contributed by atoms with Gasteiger partial charge in [-0.1, -0.05) is 59.2 Å². The molecule has 192 valence electrons. The summed E-state index contributed by atoms with van der Waals surface area (Å²) in [6.45, 7) is 2.70. The number of halogens is 1. The standard InChI is InChI=1S/C29H30ClN3O4/c30-24-15-19(8-12-26(24)37-20-9-10-20)28(34)25(16-33-13-3-4-14-33)31-29(35)27-22-11-7-18-5-1-2-6-21(18)23(22)17-36-32-27/h1-2,5-8,11-12,15,20,25,28,34H,3-4,9-10,13-14,16-17H2,(H,31,35). The van der Waals surface area contributed by atoms with Crippen LogP contribution in [0.2, 0.25) is 5.02 Å². The number of hydrogen-bond donors (Lipinski definition) is 2. The molecular weight excluding hydrogens is 490 g/mol. The van der Waals surface area contributed by atoms with Gasteiger partial charge < -0.3 is 24.9 Å². The molecule has 6 rings (SSSR count). The number of hydrogen-bond acceptors (Lipinski definition) is 6. The minimum absolute atomic E-state index is 0.219. The number of oxime groups is 1. The predicted molar refractivity (Wildman–Crippen MR) is 143 cm³/mol. The number of carbonyl (C=O) groups excluding carboxylic acids is 1. The summed E-state index contributed by atoms with van der Waals surface area (Å²) >= 11 is 6.48.